The zero-order chi connectivity index (χ0) is 13.1. The largest absolute Gasteiger partial charge is 0.481 e. The molecule has 1 amide bonds. The van der Waals surface area contributed by atoms with Crippen LogP contribution in [0.4, 0.5) is 0 Å². The molecular weight excluding hydrogens is 218 g/mol. The number of carbonyl (C=O) groups is 2. The molecule has 4 nitrogen and oxygen atoms in total. The molecule has 1 rings (SSSR count). The SMILES string of the molecule is CC(NC(=O)CC(C)(C)C(=O)O)C1CCCC1. The molecule has 0 aromatic carbocycles. The first-order chi connectivity index (χ1) is 7.83. The molecule has 1 aliphatic rings. The number of carboxylic acid groups (broad SMARTS) is 1. The lowest BCUT2D eigenvalue weighted by Gasteiger charge is -2.23. The minimum atomic E-state index is -0.987. The summed E-state index contributed by atoms with van der Waals surface area (Å²) in [7, 11) is 0. The van der Waals surface area contributed by atoms with E-state index in [9.17, 15) is 9.59 Å². The van der Waals surface area contributed by atoms with E-state index in [1.54, 1.807) is 13.8 Å². The van der Waals surface area contributed by atoms with Gasteiger partial charge in [-0.05, 0) is 39.5 Å². The van der Waals surface area contributed by atoms with Crippen LogP contribution in [0, 0.1) is 11.3 Å². The maximum atomic E-state index is 11.8. The predicted octanol–water partition coefficient (Wildman–Crippen LogP) is 2.18. The first-order valence-corrected chi connectivity index (χ1v) is 6.35. The van der Waals surface area contributed by atoms with Gasteiger partial charge >= 0.3 is 5.97 Å². The highest BCUT2D eigenvalue weighted by Crippen LogP contribution is 2.28. The van der Waals surface area contributed by atoms with E-state index in [2.05, 4.69) is 5.32 Å². The Kier molecular flexibility index (Phi) is 4.54. The van der Waals surface area contributed by atoms with Crippen LogP contribution in [0.2, 0.25) is 0 Å². The second kappa shape index (κ2) is 5.52. The molecule has 0 heterocycles. The Labute approximate surface area is 103 Å². The smallest absolute Gasteiger partial charge is 0.309 e. The van der Waals surface area contributed by atoms with Crippen molar-refractivity contribution in [1.82, 2.24) is 5.32 Å². The van der Waals surface area contributed by atoms with E-state index in [1.807, 2.05) is 6.92 Å². The maximum Gasteiger partial charge on any atom is 0.309 e. The number of hydrogen-bond donors (Lipinski definition) is 2. The van der Waals surface area contributed by atoms with Gasteiger partial charge in [0.25, 0.3) is 0 Å². The highest BCUT2D eigenvalue weighted by atomic mass is 16.4. The van der Waals surface area contributed by atoms with E-state index in [-0.39, 0.29) is 18.4 Å². The van der Waals surface area contributed by atoms with Crippen LogP contribution in [0.25, 0.3) is 0 Å². The van der Waals surface area contributed by atoms with E-state index in [1.165, 1.54) is 25.7 Å². The van der Waals surface area contributed by atoms with Crippen LogP contribution in [0.3, 0.4) is 0 Å². The van der Waals surface area contributed by atoms with E-state index >= 15 is 0 Å². The second-order valence-electron chi connectivity index (χ2n) is 5.77. The van der Waals surface area contributed by atoms with Gasteiger partial charge in [0.1, 0.15) is 0 Å². The minimum Gasteiger partial charge on any atom is -0.481 e. The van der Waals surface area contributed by atoms with Gasteiger partial charge in [-0.1, -0.05) is 12.8 Å². The molecule has 98 valence electrons. The Balaban J connectivity index is 2.41. The molecule has 0 aromatic rings. The third-order valence-electron chi connectivity index (χ3n) is 3.68. The molecule has 0 aliphatic heterocycles. The lowest BCUT2D eigenvalue weighted by atomic mass is 9.89. The van der Waals surface area contributed by atoms with Crippen molar-refractivity contribution in [2.24, 2.45) is 11.3 Å². The highest BCUT2D eigenvalue weighted by Gasteiger charge is 2.31. The lowest BCUT2D eigenvalue weighted by Crippen LogP contribution is -2.40. The minimum absolute atomic E-state index is 0.0411. The van der Waals surface area contributed by atoms with Crippen LogP contribution in [-0.4, -0.2) is 23.0 Å². The fourth-order valence-corrected chi connectivity index (χ4v) is 2.36. The average molecular weight is 241 g/mol. The average Bonchev–Trinajstić information content (AvgIpc) is 2.68. The van der Waals surface area contributed by atoms with Gasteiger partial charge in [0, 0.05) is 12.5 Å². The topological polar surface area (TPSA) is 66.4 Å². The van der Waals surface area contributed by atoms with Crippen molar-refractivity contribution < 1.29 is 14.7 Å². The van der Waals surface area contributed by atoms with Crippen LogP contribution in [0.1, 0.15) is 52.9 Å². The normalized spacial score (nSPS) is 19.0. The number of carbonyl (C=O) groups excluding carboxylic acids is 1. The molecule has 0 radical (unpaired) electrons. The molecule has 1 saturated carbocycles. The third kappa shape index (κ3) is 4.02. The number of aliphatic carboxylic acids is 1. The molecular formula is C13H23NO3. The van der Waals surface area contributed by atoms with Gasteiger partial charge in [-0.3, -0.25) is 9.59 Å². The monoisotopic (exact) mass is 241 g/mol. The van der Waals surface area contributed by atoms with Crippen LogP contribution in [0.15, 0.2) is 0 Å². The van der Waals surface area contributed by atoms with E-state index in [0.29, 0.717) is 5.92 Å². The zero-order valence-electron chi connectivity index (χ0n) is 11.0. The van der Waals surface area contributed by atoms with Crippen molar-refractivity contribution in [2.45, 2.75) is 58.9 Å². The quantitative estimate of drug-likeness (QED) is 0.775. The fourth-order valence-electron chi connectivity index (χ4n) is 2.36. The Morgan fingerprint density at radius 3 is 2.35 bits per heavy atom. The third-order valence-corrected chi connectivity index (χ3v) is 3.68. The van der Waals surface area contributed by atoms with Crippen molar-refractivity contribution in [1.29, 1.82) is 0 Å². The Bertz CT molecular complexity index is 293. The first kappa shape index (κ1) is 14.0. The molecule has 4 heteroatoms. The van der Waals surface area contributed by atoms with E-state index < -0.39 is 11.4 Å². The molecule has 0 spiro atoms. The van der Waals surface area contributed by atoms with Crippen LogP contribution >= 0.6 is 0 Å². The maximum absolute atomic E-state index is 11.8. The molecule has 17 heavy (non-hydrogen) atoms. The van der Waals surface area contributed by atoms with Gasteiger partial charge in [-0.2, -0.15) is 0 Å². The molecule has 1 fully saturated rings. The molecule has 0 bridgehead atoms. The number of nitrogens with one attached hydrogen (secondary N) is 1. The van der Waals surface area contributed by atoms with Gasteiger partial charge in [0.2, 0.25) is 5.91 Å². The molecule has 1 aliphatic carbocycles. The van der Waals surface area contributed by atoms with Crippen LogP contribution in [-0.2, 0) is 9.59 Å². The molecule has 0 aromatic heterocycles. The summed E-state index contributed by atoms with van der Waals surface area (Å²) in [6, 6.07) is 0.162. The predicted molar refractivity (Wildman–Crippen MR) is 65.6 cm³/mol. The lowest BCUT2D eigenvalue weighted by molar-refractivity contribution is -0.149. The van der Waals surface area contributed by atoms with Gasteiger partial charge < -0.3 is 10.4 Å². The van der Waals surface area contributed by atoms with Crippen LogP contribution < -0.4 is 5.32 Å². The van der Waals surface area contributed by atoms with E-state index in [0.717, 1.165) is 0 Å². The van der Waals surface area contributed by atoms with Crippen LogP contribution in [0.5, 0.6) is 0 Å². The molecule has 1 unspecified atom stereocenters. The van der Waals surface area contributed by atoms with Gasteiger partial charge in [-0.15, -0.1) is 0 Å². The summed E-state index contributed by atoms with van der Waals surface area (Å²) in [6.07, 6.45) is 4.87. The summed E-state index contributed by atoms with van der Waals surface area (Å²) in [5, 5.41) is 11.9. The van der Waals surface area contributed by atoms with Crippen molar-refractivity contribution in [3.8, 4) is 0 Å². The molecule has 0 saturated heterocycles. The van der Waals surface area contributed by atoms with E-state index in [4.69, 9.17) is 5.11 Å². The van der Waals surface area contributed by atoms with Gasteiger partial charge in [0.05, 0.1) is 5.41 Å². The number of amides is 1. The summed E-state index contributed by atoms with van der Waals surface area (Å²) >= 11 is 0. The van der Waals surface area contributed by atoms with Crippen molar-refractivity contribution in [3.05, 3.63) is 0 Å². The van der Waals surface area contributed by atoms with Gasteiger partial charge in [-0.25, -0.2) is 0 Å². The summed E-state index contributed by atoms with van der Waals surface area (Å²) in [6.45, 7) is 5.17. The summed E-state index contributed by atoms with van der Waals surface area (Å²) < 4.78 is 0. The summed E-state index contributed by atoms with van der Waals surface area (Å²) in [5.41, 5.74) is -0.987. The molecule has 2 N–H and O–H groups in total. The Morgan fingerprint density at radius 1 is 1.35 bits per heavy atom. The Hall–Kier alpha value is -1.06. The first-order valence-electron chi connectivity index (χ1n) is 6.35. The number of hydrogen-bond acceptors (Lipinski definition) is 2. The number of rotatable bonds is 5. The van der Waals surface area contributed by atoms with Gasteiger partial charge in [0.15, 0.2) is 0 Å². The molecule has 1 atom stereocenters. The van der Waals surface area contributed by atoms with Crippen molar-refractivity contribution in [3.63, 3.8) is 0 Å². The Morgan fingerprint density at radius 2 is 1.88 bits per heavy atom. The summed E-state index contributed by atoms with van der Waals surface area (Å²) in [4.78, 5) is 22.7. The second-order valence-corrected chi connectivity index (χ2v) is 5.77. The highest BCUT2D eigenvalue weighted by molar-refractivity contribution is 5.84. The van der Waals surface area contributed by atoms with Crippen molar-refractivity contribution >= 4 is 11.9 Å². The fraction of sp³-hybridized carbons (Fsp3) is 0.846. The van der Waals surface area contributed by atoms with Crippen molar-refractivity contribution in [2.75, 3.05) is 0 Å². The summed E-state index contributed by atoms with van der Waals surface area (Å²) in [5.74, 6) is -0.523. The number of carboxylic acids is 1. The standard InChI is InChI=1S/C13H23NO3/c1-9(10-6-4-5-7-10)14-11(15)8-13(2,3)12(16)17/h9-10H,4-8H2,1-3H3,(H,14,15)(H,16,17). The zero-order valence-corrected chi connectivity index (χ0v) is 11.0.